The number of rotatable bonds is 7. The van der Waals surface area contributed by atoms with Crippen LogP contribution in [0.5, 0.6) is 0 Å². The molecule has 0 aromatic rings. The average molecular weight is 241 g/mol. The van der Waals surface area contributed by atoms with Crippen LogP contribution in [0.4, 0.5) is 0 Å². The van der Waals surface area contributed by atoms with Gasteiger partial charge in [-0.15, -0.1) is 0 Å². The zero-order valence-electron chi connectivity index (χ0n) is 12.2. The average Bonchev–Trinajstić information content (AvgIpc) is 2.27. The highest BCUT2D eigenvalue weighted by Gasteiger charge is 2.23. The van der Waals surface area contributed by atoms with Crippen molar-refractivity contribution in [3.63, 3.8) is 0 Å². The molecule has 0 aliphatic heterocycles. The van der Waals surface area contributed by atoms with Crippen LogP contribution in [0, 0.1) is 17.8 Å². The van der Waals surface area contributed by atoms with Gasteiger partial charge in [0.25, 0.3) is 0 Å². The van der Waals surface area contributed by atoms with Crippen molar-refractivity contribution >= 4 is 0 Å². The molecule has 0 aromatic carbocycles. The highest BCUT2D eigenvalue weighted by molar-refractivity contribution is 4.79. The zero-order valence-corrected chi connectivity index (χ0v) is 12.2. The fourth-order valence-corrected chi connectivity index (χ4v) is 2.53. The Balaban J connectivity index is 1.96. The van der Waals surface area contributed by atoms with Gasteiger partial charge in [-0.2, -0.15) is 0 Å². The standard InChI is InChI=1S/C15H31NO/c1-12(2)11-17-9-5-8-16-15-7-6-13(3)14(4)10-15/h12-16H,5-11H2,1-4H3. The largest absolute Gasteiger partial charge is 0.381 e. The number of hydrogen-bond donors (Lipinski definition) is 1. The molecule has 0 bridgehead atoms. The molecule has 1 aliphatic rings. The predicted octanol–water partition coefficient (Wildman–Crippen LogP) is 3.46. The molecular weight excluding hydrogens is 210 g/mol. The monoisotopic (exact) mass is 241 g/mol. The maximum Gasteiger partial charge on any atom is 0.0489 e. The summed E-state index contributed by atoms with van der Waals surface area (Å²) in [6.07, 6.45) is 5.25. The summed E-state index contributed by atoms with van der Waals surface area (Å²) in [6.45, 7) is 12.1. The maximum absolute atomic E-state index is 5.58. The van der Waals surface area contributed by atoms with Crippen molar-refractivity contribution in [2.45, 2.75) is 59.4 Å². The van der Waals surface area contributed by atoms with Crippen LogP contribution in [-0.2, 0) is 4.74 Å². The lowest BCUT2D eigenvalue weighted by Gasteiger charge is -2.32. The lowest BCUT2D eigenvalue weighted by Crippen LogP contribution is -2.36. The Hall–Kier alpha value is -0.0800. The van der Waals surface area contributed by atoms with Crippen LogP contribution in [0.2, 0.25) is 0 Å². The second-order valence-corrected chi connectivity index (χ2v) is 6.24. The van der Waals surface area contributed by atoms with Gasteiger partial charge in [-0.05, 0) is 50.0 Å². The molecule has 0 spiro atoms. The van der Waals surface area contributed by atoms with Crippen LogP contribution in [0.25, 0.3) is 0 Å². The molecule has 0 aromatic heterocycles. The minimum atomic E-state index is 0.656. The Morgan fingerprint density at radius 1 is 1.18 bits per heavy atom. The highest BCUT2D eigenvalue weighted by atomic mass is 16.5. The summed E-state index contributed by atoms with van der Waals surface area (Å²) in [6, 6.07) is 0.756. The van der Waals surface area contributed by atoms with Crippen molar-refractivity contribution in [2.24, 2.45) is 17.8 Å². The lowest BCUT2D eigenvalue weighted by atomic mass is 9.79. The molecule has 0 saturated heterocycles. The summed E-state index contributed by atoms with van der Waals surface area (Å²) in [4.78, 5) is 0. The van der Waals surface area contributed by atoms with Gasteiger partial charge in [0.2, 0.25) is 0 Å². The van der Waals surface area contributed by atoms with E-state index in [1.165, 1.54) is 19.3 Å². The third kappa shape index (κ3) is 6.42. The normalized spacial score (nSPS) is 29.8. The van der Waals surface area contributed by atoms with E-state index in [0.717, 1.165) is 44.1 Å². The fourth-order valence-electron chi connectivity index (χ4n) is 2.53. The second-order valence-electron chi connectivity index (χ2n) is 6.24. The van der Waals surface area contributed by atoms with Crippen molar-refractivity contribution in [3.05, 3.63) is 0 Å². The van der Waals surface area contributed by atoms with Gasteiger partial charge in [0.1, 0.15) is 0 Å². The van der Waals surface area contributed by atoms with Crippen LogP contribution in [0.15, 0.2) is 0 Å². The highest BCUT2D eigenvalue weighted by Crippen LogP contribution is 2.29. The molecule has 102 valence electrons. The van der Waals surface area contributed by atoms with Gasteiger partial charge in [-0.25, -0.2) is 0 Å². The van der Waals surface area contributed by atoms with E-state index in [1.54, 1.807) is 0 Å². The molecule has 17 heavy (non-hydrogen) atoms. The van der Waals surface area contributed by atoms with Crippen LogP contribution in [-0.4, -0.2) is 25.8 Å². The lowest BCUT2D eigenvalue weighted by molar-refractivity contribution is 0.106. The molecule has 1 aliphatic carbocycles. The van der Waals surface area contributed by atoms with Gasteiger partial charge >= 0.3 is 0 Å². The van der Waals surface area contributed by atoms with E-state index in [9.17, 15) is 0 Å². The first kappa shape index (κ1) is 15.0. The smallest absolute Gasteiger partial charge is 0.0489 e. The molecule has 2 nitrogen and oxygen atoms in total. The Morgan fingerprint density at radius 3 is 2.59 bits per heavy atom. The molecular formula is C15H31NO. The summed E-state index contributed by atoms with van der Waals surface area (Å²) >= 11 is 0. The Kier molecular flexibility index (Phi) is 7.14. The van der Waals surface area contributed by atoms with E-state index in [2.05, 4.69) is 33.0 Å². The van der Waals surface area contributed by atoms with Gasteiger partial charge < -0.3 is 10.1 Å². The summed E-state index contributed by atoms with van der Waals surface area (Å²) in [5.41, 5.74) is 0. The maximum atomic E-state index is 5.58. The first-order valence-corrected chi connectivity index (χ1v) is 7.40. The SMILES string of the molecule is CC(C)COCCCNC1CCC(C)C(C)C1. The molecule has 1 rings (SSSR count). The van der Waals surface area contributed by atoms with Gasteiger partial charge in [0.05, 0.1) is 0 Å². The minimum absolute atomic E-state index is 0.656. The van der Waals surface area contributed by atoms with Crippen molar-refractivity contribution in [1.82, 2.24) is 5.32 Å². The van der Waals surface area contributed by atoms with Gasteiger partial charge in [-0.1, -0.05) is 27.7 Å². The number of ether oxygens (including phenoxy) is 1. The van der Waals surface area contributed by atoms with E-state index in [4.69, 9.17) is 4.74 Å². The van der Waals surface area contributed by atoms with Crippen LogP contribution >= 0.6 is 0 Å². The quantitative estimate of drug-likeness (QED) is 0.689. The Bertz CT molecular complexity index is 193. The summed E-state index contributed by atoms with van der Waals surface area (Å²) in [5, 5.41) is 3.68. The molecule has 3 atom stereocenters. The molecule has 2 heteroatoms. The van der Waals surface area contributed by atoms with Gasteiger partial charge in [0, 0.05) is 19.3 Å². The Morgan fingerprint density at radius 2 is 1.94 bits per heavy atom. The molecule has 0 heterocycles. The first-order valence-electron chi connectivity index (χ1n) is 7.40. The molecule has 0 amide bonds. The van der Waals surface area contributed by atoms with Crippen molar-refractivity contribution in [1.29, 1.82) is 0 Å². The number of nitrogens with one attached hydrogen (secondary N) is 1. The minimum Gasteiger partial charge on any atom is -0.381 e. The third-order valence-corrected chi connectivity index (χ3v) is 3.95. The van der Waals surface area contributed by atoms with E-state index in [0.29, 0.717) is 5.92 Å². The van der Waals surface area contributed by atoms with Crippen molar-refractivity contribution in [2.75, 3.05) is 19.8 Å². The molecule has 1 N–H and O–H groups in total. The summed E-state index contributed by atoms with van der Waals surface area (Å²) in [7, 11) is 0. The van der Waals surface area contributed by atoms with E-state index in [-0.39, 0.29) is 0 Å². The molecule has 1 fully saturated rings. The third-order valence-electron chi connectivity index (χ3n) is 3.95. The van der Waals surface area contributed by atoms with Crippen LogP contribution in [0.3, 0.4) is 0 Å². The fraction of sp³-hybridized carbons (Fsp3) is 1.00. The molecule has 3 unspecified atom stereocenters. The first-order chi connectivity index (χ1) is 8.09. The summed E-state index contributed by atoms with van der Waals surface area (Å²) in [5.74, 6) is 2.46. The van der Waals surface area contributed by atoms with Crippen molar-refractivity contribution in [3.8, 4) is 0 Å². The van der Waals surface area contributed by atoms with Gasteiger partial charge in [0.15, 0.2) is 0 Å². The topological polar surface area (TPSA) is 21.3 Å². The van der Waals surface area contributed by atoms with E-state index in [1.807, 2.05) is 0 Å². The van der Waals surface area contributed by atoms with Crippen LogP contribution in [0.1, 0.15) is 53.4 Å². The second kappa shape index (κ2) is 8.10. The zero-order chi connectivity index (χ0) is 12.7. The predicted molar refractivity (Wildman–Crippen MR) is 74.2 cm³/mol. The Labute approximate surface area is 108 Å². The van der Waals surface area contributed by atoms with Gasteiger partial charge in [-0.3, -0.25) is 0 Å². The van der Waals surface area contributed by atoms with E-state index >= 15 is 0 Å². The summed E-state index contributed by atoms with van der Waals surface area (Å²) < 4.78 is 5.58. The molecule has 1 saturated carbocycles. The van der Waals surface area contributed by atoms with E-state index < -0.39 is 0 Å². The van der Waals surface area contributed by atoms with Crippen molar-refractivity contribution < 1.29 is 4.74 Å². The van der Waals surface area contributed by atoms with Crippen LogP contribution < -0.4 is 5.32 Å². The molecule has 0 radical (unpaired) electrons. The number of hydrogen-bond acceptors (Lipinski definition) is 2.